The molecule has 112 heavy (non-hydrogen) atoms. The highest BCUT2D eigenvalue weighted by Gasteiger charge is 2.55. The van der Waals surface area contributed by atoms with Crippen LogP contribution in [0.25, 0.3) is 0 Å². The molecule has 6 fully saturated rings. The largest absolute Gasteiger partial charge is 0.472 e. The number of carbonyl (C=O) groups excluding carboxylic acids is 6. The minimum atomic E-state index is -5.06. The van der Waals surface area contributed by atoms with Crippen LogP contribution in [-0.2, 0) is 89.2 Å². The molecule has 4 heterocycles. The number of aliphatic hydroxyl groups excluding tert-OH is 8. The molecule has 0 spiro atoms. The Morgan fingerprint density at radius 3 is 1.61 bits per heavy atom. The average Bonchev–Trinajstić information content (AvgIpc) is 1.60. The molecule has 0 radical (unpaired) electrons. The van der Waals surface area contributed by atoms with E-state index < -0.39 is 189 Å². The number of hydrogen-bond donors (Lipinski definition) is 13. The van der Waals surface area contributed by atoms with Crippen LogP contribution in [0.1, 0.15) is 198 Å². The van der Waals surface area contributed by atoms with Gasteiger partial charge in [0.05, 0.1) is 133 Å². The zero-order valence-electron chi connectivity index (χ0n) is 67.7. The Bertz CT molecular complexity index is 2970. The molecule has 37 heteroatoms. The zero-order chi connectivity index (χ0) is 82.8. The van der Waals surface area contributed by atoms with E-state index in [4.69, 9.17) is 51.3 Å². The quantitative estimate of drug-likeness (QED) is 0.0236. The van der Waals surface area contributed by atoms with E-state index >= 15 is 0 Å². The van der Waals surface area contributed by atoms with Crippen LogP contribution in [0.5, 0.6) is 0 Å². The molecule has 6 aliphatic rings. The second-order valence-electron chi connectivity index (χ2n) is 32.5. The smallest absolute Gasteiger partial charge is 0.394 e. The van der Waals surface area contributed by atoms with Crippen LogP contribution in [0, 0.1) is 40.9 Å². The first-order chi connectivity index (χ1) is 53.0. The van der Waals surface area contributed by atoms with Crippen LogP contribution in [0.4, 0.5) is 0 Å². The number of rotatable bonds is 51. The SMILES string of the molecule is CCC(CC(=O)N1C[C@H](OP(=O)(O)OC[C@@H]2C[C@@H](OP(=O)(O)OC[C@@H]3CCCN3C(=O)CC3(CC)CC3COC(OC(CO)[C@@H](C)O)[C@H](CO)NC(C)=O)CN2C(=O)CC(CC)CC(C)COC(OC(CO)[C@@H](C)O)[C@H](CO)NC(C)=O)C[C@H]1COC1CCCC(C)CC1)CC(C)COC1OC(CO)[C@H](O)C[C@@H]1NC(C)=O. The summed E-state index contributed by atoms with van der Waals surface area (Å²) in [5, 5.41) is 88.9. The lowest BCUT2D eigenvalue weighted by molar-refractivity contribution is -0.245. The fraction of sp³-hybridized carbons (Fsp3) is 0.920. The van der Waals surface area contributed by atoms with E-state index in [0.717, 1.165) is 32.1 Å². The van der Waals surface area contributed by atoms with Crippen LogP contribution >= 0.6 is 15.6 Å². The number of amides is 6. The maximum atomic E-state index is 14.8. The summed E-state index contributed by atoms with van der Waals surface area (Å²) in [7, 11) is -10.1. The van der Waals surface area contributed by atoms with Crippen molar-refractivity contribution in [1.82, 2.24) is 30.7 Å². The van der Waals surface area contributed by atoms with Gasteiger partial charge in [-0.25, -0.2) is 9.13 Å². The highest BCUT2D eigenvalue weighted by Crippen LogP contribution is 2.59. The van der Waals surface area contributed by atoms with E-state index in [-0.39, 0.29) is 131 Å². The topological polar surface area (TPSA) is 486 Å². The van der Waals surface area contributed by atoms with Crippen molar-refractivity contribution in [3.8, 4) is 0 Å². The van der Waals surface area contributed by atoms with Crippen molar-refractivity contribution >= 4 is 51.1 Å². The van der Waals surface area contributed by atoms with Crippen molar-refractivity contribution < 1.29 is 140 Å². The summed E-state index contributed by atoms with van der Waals surface area (Å²) in [6, 6.07) is -5.01. The third-order valence-corrected chi connectivity index (χ3v) is 25.0. The van der Waals surface area contributed by atoms with Crippen molar-refractivity contribution in [1.29, 1.82) is 0 Å². The number of ether oxygens (including phenoxy) is 7. The van der Waals surface area contributed by atoms with Gasteiger partial charge in [-0.1, -0.05) is 67.2 Å². The highest BCUT2D eigenvalue weighted by molar-refractivity contribution is 7.47. The molecule has 2 saturated carbocycles. The molecule has 0 bridgehead atoms. The zero-order valence-corrected chi connectivity index (χ0v) is 69.4. The molecular formula is C75H136N6O29P2. The van der Waals surface area contributed by atoms with Crippen molar-refractivity contribution in [3.05, 3.63) is 0 Å². The standard InChI is InChI=1S/C75H136N6O29P2/c1-12-53(23-46(5)39-101-72-62(76-50(9)89)29-65(92)68(38-86)108-72)25-69(93)80-32-60(27-57(80)42-100-59-19-15-17-45(4)20-21-59)109-112(98,99)105-44-58-28-61(33-81(58)70(94)26-54(13-2)24-47(6)40-102-73(63(34-82)77-51(10)90)106-66(36-84)48(7)87)110-111(96,97)104-43-56-18-16-22-79(56)71(95)31-75(14-3)30-55(75)41-103-74(64(35-83)78-52(11)91)107-67(37-85)49(8)88/h45-49,53-68,72-74,82-88,92H,12-44H2,1-11H3,(H,76,89)(H,77,90)(H,78,91)(H,96,97)(H,98,99)/t45?,46?,47?,48-,49-,53?,54?,55?,56+,57+,58+,59?,60-,61-,62+,63+,64+,65-,66?,67?,68?,72?,73?,74?,75?/m1/s1. The Balaban J connectivity index is 1.15. The molecule has 0 aromatic carbocycles. The first-order valence-corrected chi connectivity index (χ1v) is 43.5. The van der Waals surface area contributed by atoms with Crippen LogP contribution in [0.2, 0.25) is 0 Å². The van der Waals surface area contributed by atoms with Crippen LogP contribution in [0.3, 0.4) is 0 Å². The van der Waals surface area contributed by atoms with Gasteiger partial charge in [0.15, 0.2) is 18.9 Å². The maximum absolute atomic E-state index is 14.8. The Morgan fingerprint density at radius 2 is 1.12 bits per heavy atom. The molecule has 6 rings (SSSR count). The van der Waals surface area contributed by atoms with Gasteiger partial charge in [-0.15, -0.1) is 0 Å². The van der Waals surface area contributed by atoms with Gasteiger partial charge in [0.1, 0.15) is 30.4 Å². The summed E-state index contributed by atoms with van der Waals surface area (Å²) in [6.45, 7) is 15.0. The van der Waals surface area contributed by atoms with Gasteiger partial charge in [-0.2, -0.15) is 0 Å². The molecular weight excluding hydrogens is 1510 g/mol. The number of aliphatic hydroxyl groups is 8. The summed E-state index contributed by atoms with van der Waals surface area (Å²) < 4.78 is 94.2. The van der Waals surface area contributed by atoms with Gasteiger partial charge in [-0.3, -0.25) is 46.9 Å². The first-order valence-electron chi connectivity index (χ1n) is 40.5. The minimum Gasteiger partial charge on any atom is -0.394 e. The molecule has 0 aromatic heterocycles. The van der Waals surface area contributed by atoms with Crippen LogP contribution in [-0.4, -0.2) is 303 Å². The number of likely N-dealkylation sites (tertiary alicyclic amines) is 3. The molecule has 27 atom stereocenters. The van der Waals surface area contributed by atoms with Crippen molar-refractivity contribution in [3.63, 3.8) is 0 Å². The first kappa shape index (κ1) is 97.3. The molecule has 13 N–H and O–H groups in total. The summed E-state index contributed by atoms with van der Waals surface area (Å²) in [5.41, 5.74) is -0.512. The van der Waals surface area contributed by atoms with Crippen molar-refractivity contribution in [2.75, 3.05) is 92.3 Å². The molecule has 16 unspecified atom stereocenters. The number of phosphoric acid groups is 2. The van der Waals surface area contributed by atoms with Gasteiger partial charge in [0.2, 0.25) is 35.4 Å². The molecule has 4 aliphatic heterocycles. The van der Waals surface area contributed by atoms with E-state index in [1.54, 1.807) is 9.80 Å². The van der Waals surface area contributed by atoms with Gasteiger partial charge in [0.25, 0.3) is 0 Å². The Labute approximate surface area is 660 Å². The van der Waals surface area contributed by atoms with Gasteiger partial charge in [0, 0.05) is 66.1 Å². The molecule has 0 aromatic rings. The fourth-order valence-corrected chi connectivity index (χ4v) is 18.1. The number of hydrogen-bond acceptors (Lipinski definition) is 27. The molecule has 6 amide bonds. The normalized spacial score (nSPS) is 30.0. The van der Waals surface area contributed by atoms with E-state index in [2.05, 4.69) is 22.9 Å². The summed E-state index contributed by atoms with van der Waals surface area (Å²) in [4.78, 5) is 108. The van der Waals surface area contributed by atoms with E-state index in [1.807, 2.05) is 34.6 Å². The van der Waals surface area contributed by atoms with Crippen LogP contribution in [0.15, 0.2) is 0 Å². The lowest BCUT2D eigenvalue weighted by Crippen LogP contribution is -2.56. The number of carbonyl (C=O) groups is 6. The van der Waals surface area contributed by atoms with Gasteiger partial charge in [-0.05, 0) is 125 Å². The number of nitrogens with zero attached hydrogens (tertiary/aromatic N) is 3. The van der Waals surface area contributed by atoms with Gasteiger partial charge >= 0.3 is 15.6 Å². The highest BCUT2D eigenvalue weighted by atomic mass is 31.2. The Hall–Kier alpha value is -3.56. The Morgan fingerprint density at radius 1 is 0.589 bits per heavy atom. The second kappa shape index (κ2) is 47.3. The molecule has 4 saturated heterocycles. The summed E-state index contributed by atoms with van der Waals surface area (Å²) in [5.74, 6) is -2.72. The van der Waals surface area contributed by atoms with Crippen LogP contribution < -0.4 is 16.0 Å². The second-order valence-corrected chi connectivity index (χ2v) is 35.3. The third-order valence-electron chi connectivity index (χ3n) is 22.9. The van der Waals surface area contributed by atoms with E-state index in [1.165, 1.54) is 39.5 Å². The minimum absolute atomic E-state index is 0.0236. The molecule has 650 valence electrons. The predicted molar refractivity (Wildman–Crippen MR) is 404 cm³/mol. The van der Waals surface area contributed by atoms with E-state index in [0.29, 0.717) is 63.8 Å². The summed E-state index contributed by atoms with van der Waals surface area (Å²) in [6.07, 6.45) is -3.14. The molecule has 2 aliphatic carbocycles. The van der Waals surface area contributed by atoms with Crippen molar-refractivity contribution in [2.24, 2.45) is 40.9 Å². The third kappa shape index (κ3) is 31.3. The lowest BCUT2D eigenvalue weighted by atomic mass is 9.90. The maximum Gasteiger partial charge on any atom is 0.472 e. The number of phosphoric ester groups is 2. The van der Waals surface area contributed by atoms with Crippen molar-refractivity contribution in [2.45, 2.75) is 308 Å². The number of nitrogens with one attached hydrogen (secondary N) is 3. The average molecular weight is 1650 g/mol. The Kier molecular flexibility index (Phi) is 41.1. The van der Waals surface area contributed by atoms with Gasteiger partial charge < -0.3 is 114 Å². The molecule has 35 nitrogen and oxygen atoms in total. The fourth-order valence-electron chi connectivity index (χ4n) is 16.2. The van der Waals surface area contributed by atoms with E-state index in [9.17, 15) is 88.5 Å². The lowest BCUT2D eigenvalue weighted by Gasteiger charge is -2.39. The predicted octanol–water partition coefficient (Wildman–Crippen LogP) is 3.05. The monoisotopic (exact) mass is 1650 g/mol. The summed E-state index contributed by atoms with van der Waals surface area (Å²) >= 11 is 0.